The topological polar surface area (TPSA) is 44.8 Å². The van der Waals surface area contributed by atoms with Crippen LogP contribution in [0, 0.1) is 0 Å². The second kappa shape index (κ2) is 11.6. The summed E-state index contributed by atoms with van der Waals surface area (Å²) in [6.07, 6.45) is 4.38. The molecule has 0 N–H and O–H groups in total. The predicted molar refractivity (Wildman–Crippen MR) is 103 cm³/mol. The molecular formula is C22H28O4. The van der Waals surface area contributed by atoms with Gasteiger partial charge < -0.3 is 4.74 Å². The van der Waals surface area contributed by atoms with Crippen LogP contribution >= 0.6 is 0 Å². The van der Waals surface area contributed by atoms with E-state index < -0.39 is 0 Å². The van der Waals surface area contributed by atoms with Crippen LogP contribution in [0.4, 0.5) is 0 Å². The molecule has 2 aromatic rings. The Morgan fingerprint density at radius 1 is 0.769 bits per heavy atom. The number of methoxy groups -OCH3 is 1. The number of Topliss-reactive ketones (excluding diaryl/α,β-unsaturated/α-hetero) is 1. The second-order valence-electron chi connectivity index (χ2n) is 6.32. The Morgan fingerprint density at radius 2 is 1.35 bits per heavy atom. The molecule has 4 heteroatoms. The van der Waals surface area contributed by atoms with E-state index in [0.29, 0.717) is 13.2 Å². The molecule has 0 aliphatic heterocycles. The van der Waals surface area contributed by atoms with Crippen LogP contribution < -0.4 is 0 Å². The van der Waals surface area contributed by atoms with Crippen LogP contribution in [0.25, 0.3) is 11.1 Å². The number of carbonyl (C=O) groups is 1. The molecule has 2 rings (SSSR count). The molecule has 0 fully saturated rings. The van der Waals surface area contributed by atoms with Gasteiger partial charge in [-0.25, -0.2) is 9.78 Å². The van der Waals surface area contributed by atoms with E-state index in [0.717, 1.165) is 54.5 Å². The number of hydrogen-bond acceptors (Lipinski definition) is 4. The normalized spacial score (nSPS) is 10.8. The van der Waals surface area contributed by atoms with Gasteiger partial charge in [0.05, 0.1) is 6.61 Å². The molecule has 0 radical (unpaired) electrons. The van der Waals surface area contributed by atoms with E-state index in [1.807, 2.05) is 36.4 Å². The average molecular weight is 356 g/mol. The maximum absolute atomic E-state index is 11.3. The molecule has 0 spiro atoms. The summed E-state index contributed by atoms with van der Waals surface area (Å²) in [6.45, 7) is 3.46. The molecule has 0 unspecified atom stereocenters. The first-order chi connectivity index (χ1) is 12.7. The van der Waals surface area contributed by atoms with Crippen molar-refractivity contribution in [3.63, 3.8) is 0 Å². The molecule has 0 saturated heterocycles. The van der Waals surface area contributed by atoms with Crippen LogP contribution in [0.15, 0.2) is 48.5 Å². The van der Waals surface area contributed by atoms with Crippen molar-refractivity contribution in [2.75, 3.05) is 20.3 Å². The van der Waals surface area contributed by atoms with Gasteiger partial charge in [0.15, 0.2) is 5.78 Å². The van der Waals surface area contributed by atoms with Crippen LogP contribution in [0.1, 0.15) is 48.5 Å². The number of carbonyl (C=O) groups excluding carboxylic acids is 1. The van der Waals surface area contributed by atoms with Gasteiger partial charge in [-0.3, -0.25) is 4.79 Å². The van der Waals surface area contributed by atoms with E-state index in [1.54, 1.807) is 14.0 Å². The maximum Gasteiger partial charge on any atom is 0.159 e. The molecule has 0 saturated carbocycles. The average Bonchev–Trinajstić information content (AvgIpc) is 2.67. The zero-order chi connectivity index (χ0) is 18.6. The predicted octanol–water partition coefficient (Wildman–Crippen LogP) is 5.21. The van der Waals surface area contributed by atoms with Crippen molar-refractivity contribution >= 4 is 5.78 Å². The van der Waals surface area contributed by atoms with Crippen molar-refractivity contribution in [1.82, 2.24) is 0 Å². The first kappa shape index (κ1) is 20.3. The Morgan fingerprint density at radius 3 is 1.92 bits per heavy atom. The molecule has 2 aromatic carbocycles. The molecule has 0 aliphatic carbocycles. The number of rotatable bonds is 12. The second-order valence-corrected chi connectivity index (χ2v) is 6.32. The largest absolute Gasteiger partial charge is 0.385 e. The lowest BCUT2D eigenvalue weighted by molar-refractivity contribution is -0.304. The van der Waals surface area contributed by atoms with Crippen molar-refractivity contribution in [2.45, 2.75) is 39.2 Å². The monoisotopic (exact) mass is 356 g/mol. The first-order valence-corrected chi connectivity index (χ1v) is 9.14. The first-order valence-electron chi connectivity index (χ1n) is 9.14. The molecule has 0 heterocycles. The Labute approximate surface area is 156 Å². The molecule has 0 amide bonds. The minimum atomic E-state index is 0.0824. The molecular weight excluding hydrogens is 328 g/mol. The molecule has 0 atom stereocenters. The summed E-state index contributed by atoms with van der Waals surface area (Å²) >= 11 is 0. The van der Waals surface area contributed by atoms with Gasteiger partial charge in [-0.15, -0.1) is 0 Å². The van der Waals surface area contributed by atoms with Crippen LogP contribution in [0.2, 0.25) is 0 Å². The van der Waals surface area contributed by atoms with Gasteiger partial charge >= 0.3 is 0 Å². The highest BCUT2D eigenvalue weighted by atomic mass is 17.2. The van der Waals surface area contributed by atoms with Crippen molar-refractivity contribution < 1.29 is 19.3 Å². The van der Waals surface area contributed by atoms with E-state index in [-0.39, 0.29) is 5.78 Å². The summed E-state index contributed by atoms with van der Waals surface area (Å²) in [4.78, 5) is 21.8. The number of hydrogen-bond donors (Lipinski definition) is 0. The van der Waals surface area contributed by atoms with Gasteiger partial charge in [0.2, 0.25) is 0 Å². The standard InChI is InChI=1S/C22H28O4/c1-18(23)20-11-13-22(14-12-20)21-9-7-19(8-10-21)17-26-25-16-6-4-3-5-15-24-2/h7-14H,3-6,15-17H2,1-2H3. The van der Waals surface area contributed by atoms with Crippen LogP contribution in [-0.4, -0.2) is 26.1 Å². The summed E-state index contributed by atoms with van der Waals surface area (Å²) < 4.78 is 5.02. The fourth-order valence-electron chi connectivity index (χ4n) is 2.62. The molecule has 0 aromatic heterocycles. The minimum Gasteiger partial charge on any atom is -0.385 e. The summed E-state index contributed by atoms with van der Waals surface area (Å²) in [7, 11) is 1.73. The quantitative estimate of drug-likeness (QED) is 0.227. The number of benzene rings is 2. The van der Waals surface area contributed by atoms with E-state index in [9.17, 15) is 4.79 Å². The van der Waals surface area contributed by atoms with Gasteiger partial charge in [-0.2, -0.15) is 0 Å². The van der Waals surface area contributed by atoms with Gasteiger partial charge in [0, 0.05) is 19.3 Å². The lowest BCUT2D eigenvalue weighted by atomic mass is 10.0. The van der Waals surface area contributed by atoms with Gasteiger partial charge in [-0.05, 0) is 36.5 Å². The molecule has 140 valence electrons. The Bertz CT molecular complexity index is 647. The summed E-state index contributed by atoms with van der Waals surface area (Å²) in [6, 6.07) is 15.8. The minimum absolute atomic E-state index is 0.0824. The molecule has 0 bridgehead atoms. The number of ether oxygens (including phenoxy) is 1. The number of unbranched alkanes of at least 4 members (excludes halogenated alkanes) is 3. The third-order valence-corrected chi connectivity index (χ3v) is 4.21. The zero-order valence-corrected chi connectivity index (χ0v) is 15.7. The van der Waals surface area contributed by atoms with E-state index in [4.69, 9.17) is 14.5 Å². The highest BCUT2D eigenvalue weighted by Crippen LogP contribution is 2.21. The molecule has 4 nitrogen and oxygen atoms in total. The lowest BCUT2D eigenvalue weighted by Gasteiger charge is -2.07. The van der Waals surface area contributed by atoms with E-state index >= 15 is 0 Å². The van der Waals surface area contributed by atoms with Gasteiger partial charge in [0.25, 0.3) is 0 Å². The summed E-state index contributed by atoms with van der Waals surface area (Å²) in [5.74, 6) is 0.0824. The Kier molecular flexibility index (Phi) is 9.04. The zero-order valence-electron chi connectivity index (χ0n) is 15.7. The molecule has 0 aliphatic rings. The maximum atomic E-state index is 11.3. The van der Waals surface area contributed by atoms with E-state index in [2.05, 4.69) is 12.1 Å². The van der Waals surface area contributed by atoms with Crippen LogP contribution in [0.3, 0.4) is 0 Å². The van der Waals surface area contributed by atoms with Gasteiger partial charge in [-0.1, -0.05) is 61.4 Å². The van der Waals surface area contributed by atoms with Crippen molar-refractivity contribution in [1.29, 1.82) is 0 Å². The third-order valence-electron chi connectivity index (χ3n) is 4.21. The summed E-state index contributed by atoms with van der Waals surface area (Å²) in [5, 5.41) is 0. The van der Waals surface area contributed by atoms with Gasteiger partial charge in [0.1, 0.15) is 6.61 Å². The highest BCUT2D eigenvalue weighted by Gasteiger charge is 2.02. The summed E-state index contributed by atoms with van der Waals surface area (Å²) in [5.41, 5.74) is 4.00. The van der Waals surface area contributed by atoms with Crippen LogP contribution in [0.5, 0.6) is 0 Å². The highest BCUT2D eigenvalue weighted by molar-refractivity contribution is 5.94. The fourth-order valence-corrected chi connectivity index (χ4v) is 2.62. The molecule has 26 heavy (non-hydrogen) atoms. The lowest BCUT2D eigenvalue weighted by Crippen LogP contribution is -1.98. The van der Waals surface area contributed by atoms with Crippen LogP contribution in [-0.2, 0) is 21.1 Å². The third kappa shape index (κ3) is 7.08. The van der Waals surface area contributed by atoms with Crippen molar-refractivity contribution in [2.24, 2.45) is 0 Å². The SMILES string of the molecule is COCCCCCCOOCc1ccc(-c2ccc(C(C)=O)cc2)cc1. The Hall–Kier alpha value is -2.01. The van der Waals surface area contributed by atoms with Crippen molar-refractivity contribution in [3.05, 3.63) is 59.7 Å². The van der Waals surface area contributed by atoms with Crippen molar-refractivity contribution in [3.8, 4) is 11.1 Å². The Balaban J connectivity index is 1.68. The van der Waals surface area contributed by atoms with E-state index in [1.165, 1.54) is 0 Å². The number of ketones is 1. The smallest absolute Gasteiger partial charge is 0.159 e. The fraction of sp³-hybridized carbons (Fsp3) is 0.409.